The molecule has 2 aliphatic rings. The minimum Gasteiger partial charge on any atom is -0.370 e. The average Bonchev–Trinajstić information content (AvgIpc) is 2.54. The molecule has 1 unspecified atom stereocenters. The molecule has 0 aromatic carbocycles. The summed E-state index contributed by atoms with van der Waals surface area (Å²) in [6, 6.07) is 0.652. The minimum atomic E-state index is 0.226. The highest BCUT2D eigenvalue weighted by Crippen LogP contribution is 2.33. The molecule has 0 amide bonds. The Morgan fingerprint density at radius 3 is 2.78 bits per heavy atom. The number of likely N-dealkylation sites (tertiary alicyclic amines) is 1. The summed E-state index contributed by atoms with van der Waals surface area (Å²) in [6.45, 7) is 11.2. The van der Waals surface area contributed by atoms with Gasteiger partial charge in [0.1, 0.15) is 0 Å². The topological polar surface area (TPSA) is 44.9 Å². The van der Waals surface area contributed by atoms with Crippen molar-refractivity contribution in [2.24, 2.45) is 10.7 Å². The Kier molecular flexibility index (Phi) is 4.15. The Hall–Kier alpha value is -0.770. The van der Waals surface area contributed by atoms with Gasteiger partial charge in [0.25, 0.3) is 0 Å². The van der Waals surface area contributed by atoms with Crippen LogP contribution in [0.4, 0.5) is 0 Å². The van der Waals surface area contributed by atoms with Gasteiger partial charge in [-0.1, -0.05) is 6.92 Å². The van der Waals surface area contributed by atoms with Crippen LogP contribution in [0.25, 0.3) is 0 Å². The van der Waals surface area contributed by atoms with Crippen LogP contribution in [0.2, 0.25) is 0 Å². The molecule has 0 saturated carbocycles. The normalized spacial score (nSPS) is 30.0. The number of hydrogen-bond donors (Lipinski definition) is 1. The highest BCUT2D eigenvalue weighted by molar-refractivity contribution is 5.81. The smallest absolute Gasteiger partial charge is 0.191 e. The molecule has 104 valence electrons. The van der Waals surface area contributed by atoms with Gasteiger partial charge in [-0.25, -0.2) is 0 Å². The summed E-state index contributed by atoms with van der Waals surface area (Å²) in [5.74, 6) is 0.773. The van der Waals surface area contributed by atoms with Crippen molar-refractivity contribution < 1.29 is 0 Å². The second-order valence-electron chi connectivity index (χ2n) is 6.03. The molecule has 0 aromatic heterocycles. The molecule has 4 heteroatoms. The summed E-state index contributed by atoms with van der Waals surface area (Å²) in [4.78, 5) is 9.50. The van der Waals surface area contributed by atoms with E-state index in [4.69, 9.17) is 5.73 Å². The van der Waals surface area contributed by atoms with Crippen LogP contribution in [-0.4, -0.2) is 53.5 Å². The molecule has 2 heterocycles. The van der Waals surface area contributed by atoms with E-state index in [-0.39, 0.29) is 5.54 Å². The maximum Gasteiger partial charge on any atom is 0.191 e. The maximum absolute atomic E-state index is 6.08. The van der Waals surface area contributed by atoms with Gasteiger partial charge in [-0.3, -0.25) is 4.99 Å². The predicted molar refractivity (Wildman–Crippen MR) is 76.8 cm³/mol. The van der Waals surface area contributed by atoms with E-state index in [2.05, 4.69) is 35.6 Å². The number of rotatable bonds is 3. The highest BCUT2D eigenvalue weighted by atomic mass is 15.4. The van der Waals surface area contributed by atoms with Crippen molar-refractivity contribution in [3.8, 4) is 0 Å². The van der Waals surface area contributed by atoms with Gasteiger partial charge >= 0.3 is 0 Å². The fourth-order valence-corrected chi connectivity index (χ4v) is 3.36. The standard InChI is InChI=1S/C14H28N4/c1-4-8-18-13(15)16-11-14(18)6-5-9-17(10-7-14)12(2)3/h12H,4-11H2,1-3H3,(H2,15,16). The molecule has 18 heavy (non-hydrogen) atoms. The summed E-state index contributed by atoms with van der Waals surface area (Å²) in [6.07, 6.45) is 4.85. The van der Waals surface area contributed by atoms with E-state index in [0.29, 0.717) is 6.04 Å². The van der Waals surface area contributed by atoms with Crippen LogP contribution in [0, 0.1) is 0 Å². The molecule has 0 bridgehead atoms. The van der Waals surface area contributed by atoms with Gasteiger partial charge < -0.3 is 15.5 Å². The van der Waals surface area contributed by atoms with Crippen molar-refractivity contribution in [2.45, 2.75) is 58.0 Å². The first-order valence-electron chi connectivity index (χ1n) is 7.41. The predicted octanol–water partition coefficient (Wildman–Crippen LogP) is 1.66. The highest BCUT2D eigenvalue weighted by Gasteiger charge is 2.42. The van der Waals surface area contributed by atoms with Crippen LogP contribution < -0.4 is 5.73 Å². The second-order valence-corrected chi connectivity index (χ2v) is 6.03. The molecular formula is C14H28N4. The first-order valence-corrected chi connectivity index (χ1v) is 7.41. The Balaban J connectivity index is 2.07. The fourth-order valence-electron chi connectivity index (χ4n) is 3.36. The van der Waals surface area contributed by atoms with Gasteiger partial charge in [-0.05, 0) is 46.1 Å². The molecule has 4 nitrogen and oxygen atoms in total. The zero-order valence-electron chi connectivity index (χ0n) is 12.2. The van der Waals surface area contributed by atoms with Gasteiger partial charge in [0.2, 0.25) is 0 Å². The van der Waals surface area contributed by atoms with Gasteiger partial charge in [-0.2, -0.15) is 0 Å². The van der Waals surface area contributed by atoms with Crippen LogP contribution >= 0.6 is 0 Å². The van der Waals surface area contributed by atoms with E-state index < -0.39 is 0 Å². The molecular weight excluding hydrogens is 224 g/mol. The van der Waals surface area contributed by atoms with Crippen molar-refractivity contribution in [1.82, 2.24) is 9.80 Å². The van der Waals surface area contributed by atoms with E-state index in [1.165, 1.54) is 32.4 Å². The van der Waals surface area contributed by atoms with Crippen molar-refractivity contribution in [3.63, 3.8) is 0 Å². The molecule has 0 aromatic rings. The summed E-state index contributed by atoms with van der Waals surface area (Å²) >= 11 is 0. The summed E-state index contributed by atoms with van der Waals surface area (Å²) < 4.78 is 0. The number of aliphatic imine (C=N–C) groups is 1. The minimum absolute atomic E-state index is 0.226. The summed E-state index contributed by atoms with van der Waals surface area (Å²) in [5.41, 5.74) is 6.30. The first-order chi connectivity index (χ1) is 8.59. The Morgan fingerprint density at radius 1 is 1.33 bits per heavy atom. The molecule has 1 atom stereocenters. The third kappa shape index (κ3) is 2.48. The van der Waals surface area contributed by atoms with Crippen LogP contribution in [0.3, 0.4) is 0 Å². The lowest BCUT2D eigenvalue weighted by molar-refractivity contribution is 0.165. The van der Waals surface area contributed by atoms with E-state index in [0.717, 1.165) is 25.5 Å². The molecule has 1 saturated heterocycles. The van der Waals surface area contributed by atoms with Gasteiger partial charge in [-0.15, -0.1) is 0 Å². The lowest BCUT2D eigenvalue weighted by Gasteiger charge is -2.39. The molecule has 1 fully saturated rings. The lowest BCUT2D eigenvalue weighted by atomic mass is 9.89. The van der Waals surface area contributed by atoms with Crippen LogP contribution in [0.1, 0.15) is 46.5 Å². The monoisotopic (exact) mass is 252 g/mol. The van der Waals surface area contributed by atoms with Crippen molar-refractivity contribution in [2.75, 3.05) is 26.2 Å². The van der Waals surface area contributed by atoms with E-state index in [1.807, 2.05) is 0 Å². The molecule has 2 rings (SSSR count). The SMILES string of the molecule is CCCN1C(N)=NCC12CCCN(C(C)C)CC2. The zero-order valence-corrected chi connectivity index (χ0v) is 12.2. The Labute approximate surface area is 111 Å². The third-order valence-corrected chi connectivity index (χ3v) is 4.51. The van der Waals surface area contributed by atoms with Gasteiger partial charge in [0, 0.05) is 19.1 Å². The second kappa shape index (κ2) is 5.47. The zero-order chi connectivity index (χ0) is 13.2. The number of hydrogen-bond acceptors (Lipinski definition) is 4. The van der Waals surface area contributed by atoms with E-state index in [9.17, 15) is 0 Å². The molecule has 1 spiro atoms. The quantitative estimate of drug-likeness (QED) is 0.831. The largest absolute Gasteiger partial charge is 0.370 e. The molecule has 2 N–H and O–H groups in total. The van der Waals surface area contributed by atoms with E-state index in [1.54, 1.807) is 0 Å². The maximum atomic E-state index is 6.08. The fraction of sp³-hybridized carbons (Fsp3) is 0.929. The number of guanidine groups is 1. The summed E-state index contributed by atoms with van der Waals surface area (Å²) in [7, 11) is 0. The van der Waals surface area contributed by atoms with Gasteiger partial charge in [0.15, 0.2) is 5.96 Å². The van der Waals surface area contributed by atoms with Crippen molar-refractivity contribution >= 4 is 5.96 Å². The van der Waals surface area contributed by atoms with Crippen LogP contribution in [0.15, 0.2) is 4.99 Å². The molecule has 0 aliphatic carbocycles. The van der Waals surface area contributed by atoms with E-state index >= 15 is 0 Å². The average molecular weight is 252 g/mol. The Bertz CT molecular complexity index is 313. The molecule has 2 aliphatic heterocycles. The van der Waals surface area contributed by atoms with Gasteiger partial charge in [0.05, 0.1) is 12.1 Å². The van der Waals surface area contributed by atoms with Crippen molar-refractivity contribution in [1.29, 1.82) is 0 Å². The van der Waals surface area contributed by atoms with Crippen LogP contribution in [0.5, 0.6) is 0 Å². The number of nitrogens with zero attached hydrogens (tertiary/aromatic N) is 3. The Morgan fingerprint density at radius 2 is 2.11 bits per heavy atom. The van der Waals surface area contributed by atoms with Crippen LogP contribution in [-0.2, 0) is 0 Å². The lowest BCUT2D eigenvalue weighted by Crippen LogP contribution is -2.52. The number of nitrogens with two attached hydrogens (primary N) is 1. The van der Waals surface area contributed by atoms with Crippen molar-refractivity contribution in [3.05, 3.63) is 0 Å². The summed E-state index contributed by atoms with van der Waals surface area (Å²) in [5, 5.41) is 0. The molecule has 0 radical (unpaired) electrons. The first kappa shape index (κ1) is 13.7. The third-order valence-electron chi connectivity index (χ3n) is 4.51.